The highest BCUT2D eigenvalue weighted by molar-refractivity contribution is 5.26. The third-order valence-electron chi connectivity index (χ3n) is 2.85. The van der Waals surface area contributed by atoms with E-state index in [-0.39, 0.29) is 0 Å². The maximum atomic E-state index is 3.74. The van der Waals surface area contributed by atoms with Gasteiger partial charge in [-0.3, -0.25) is 0 Å². The molecule has 0 heterocycles. The quantitative estimate of drug-likeness (QED) is 0.450. The van der Waals surface area contributed by atoms with E-state index in [1.165, 1.54) is 31.2 Å². The molecule has 0 nitrogen and oxygen atoms in total. The van der Waals surface area contributed by atoms with E-state index in [4.69, 9.17) is 0 Å². The Kier molecular flexibility index (Phi) is 5.84. The van der Waals surface area contributed by atoms with Crippen molar-refractivity contribution in [3.05, 3.63) is 48.0 Å². The van der Waals surface area contributed by atoms with Gasteiger partial charge in [0.2, 0.25) is 0 Å². The minimum Gasteiger partial charge on any atom is -0.103 e. The zero-order chi connectivity index (χ0) is 10.9. The number of unbranched alkanes of at least 4 members (excludes halogenated alkanes) is 3. The summed E-state index contributed by atoms with van der Waals surface area (Å²) in [7, 11) is 0. The van der Waals surface area contributed by atoms with Gasteiger partial charge in [-0.2, -0.15) is 0 Å². The van der Waals surface area contributed by atoms with Crippen LogP contribution in [0.5, 0.6) is 0 Å². The average molecular weight is 202 g/mol. The van der Waals surface area contributed by atoms with Gasteiger partial charge >= 0.3 is 0 Å². The summed E-state index contributed by atoms with van der Waals surface area (Å²) in [6.07, 6.45) is 9.49. The number of hydrogen-bond donors (Lipinski definition) is 0. The Morgan fingerprint density at radius 1 is 1.07 bits per heavy atom. The Morgan fingerprint density at radius 2 is 1.80 bits per heavy atom. The number of benzene rings is 1. The first-order valence-corrected chi connectivity index (χ1v) is 6.06. The lowest BCUT2D eigenvalue weighted by atomic mass is 9.99. The second kappa shape index (κ2) is 7.28. The van der Waals surface area contributed by atoms with Crippen LogP contribution in [0.1, 0.15) is 43.7 Å². The Hall–Kier alpha value is -1.04. The molecule has 0 radical (unpaired) electrons. The predicted molar refractivity (Wildman–Crippen MR) is 68.2 cm³/mol. The van der Waals surface area contributed by atoms with Crippen LogP contribution >= 0.6 is 0 Å². The van der Waals surface area contributed by atoms with Gasteiger partial charge in [0.25, 0.3) is 0 Å². The minimum atomic E-state index is 1.16. The van der Waals surface area contributed by atoms with Crippen LogP contribution in [0.15, 0.2) is 36.9 Å². The highest BCUT2D eigenvalue weighted by atomic mass is 14.0. The molecule has 0 N–H and O–H groups in total. The molecule has 0 aliphatic heterocycles. The van der Waals surface area contributed by atoms with Crippen molar-refractivity contribution in [3.8, 4) is 0 Å². The fourth-order valence-electron chi connectivity index (χ4n) is 1.93. The zero-order valence-electron chi connectivity index (χ0n) is 9.84. The van der Waals surface area contributed by atoms with Gasteiger partial charge in [0, 0.05) is 0 Å². The van der Waals surface area contributed by atoms with E-state index in [1.54, 1.807) is 5.56 Å². The summed E-state index contributed by atoms with van der Waals surface area (Å²) in [5, 5.41) is 0. The smallest absolute Gasteiger partial charge is 0.0276 e. The molecule has 1 aromatic rings. The van der Waals surface area contributed by atoms with Gasteiger partial charge in [-0.25, -0.2) is 0 Å². The number of allylic oxidation sites excluding steroid dienone is 1. The van der Waals surface area contributed by atoms with Crippen LogP contribution in [0.3, 0.4) is 0 Å². The molecule has 0 bridgehead atoms. The Morgan fingerprint density at radius 3 is 2.47 bits per heavy atom. The first-order chi connectivity index (χ1) is 7.38. The summed E-state index contributed by atoms with van der Waals surface area (Å²) >= 11 is 0. The van der Waals surface area contributed by atoms with Crippen molar-refractivity contribution in [2.24, 2.45) is 0 Å². The Balaban J connectivity index is 2.33. The third kappa shape index (κ3) is 4.33. The van der Waals surface area contributed by atoms with E-state index in [0.29, 0.717) is 0 Å². The lowest BCUT2D eigenvalue weighted by molar-refractivity contribution is 0.684. The molecule has 0 saturated heterocycles. The minimum absolute atomic E-state index is 1.16. The molecular formula is C15H22. The summed E-state index contributed by atoms with van der Waals surface area (Å²) < 4.78 is 0. The first kappa shape index (κ1) is 12.0. The van der Waals surface area contributed by atoms with Gasteiger partial charge in [-0.05, 0) is 43.2 Å². The molecule has 0 unspecified atom stereocenters. The summed E-state index contributed by atoms with van der Waals surface area (Å²) in [5.41, 5.74) is 3.06. The Bertz CT molecular complexity index is 286. The van der Waals surface area contributed by atoms with Crippen molar-refractivity contribution >= 4 is 0 Å². The van der Waals surface area contributed by atoms with Crippen molar-refractivity contribution in [2.75, 3.05) is 0 Å². The van der Waals surface area contributed by atoms with Crippen molar-refractivity contribution < 1.29 is 0 Å². The van der Waals surface area contributed by atoms with Gasteiger partial charge in [-0.15, -0.1) is 6.58 Å². The lowest BCUT2D eigenvalue weighted by Gasteiger charge is -2.06. The third-order valence-corrected chi connectivity index (χ3v) is 2.85. The molecule has 1 aromatic carbocycles. The van der Waals surface area contributed by atoms with Crippen molar-refractivity contribution in [1.29, 1.82) is 0 Å². The van der Waals surface area contributed by atoms with Gasteiger partial charge in [-0.1, -0.05) is 43.7 Å². The SMILES string of the molecule is C=CCCCCCc1ccccc1CC. The highest BCUT2D eigenvalue weighted by Gasteiger charge is 1.98. The van der Waals surface area contributed by atoms with E-state index >= 15 is 0 Å². The average Bonchev–Trinajstić information content (AvgIpc) is 2.29. The molecule has 0 atom stereocenters. The fourth-order valence-corrected chi connectivity index (χ4v) is 1.93. The van der Waals surface area contributed by atoms with Crippen LogP contribution in [0, 0.1) is 0 Å². The largest absolute Gasteiger partial charge is 0.103 e. The molecule has 1 rings (SSSR count). The second-order valence-electron chi connectivity index (χ2n) is 4.01. The molecule has 0 aliphatic rings. The first-order valence-electron chi connectivity index (χ1n) is 6.06. The lowest BCUT2D eigenvalue weighted by Crippen LogP contribution is -1.92. The Labute approximate surface area is 94.0 Å². The maximum Gasteiger partial charge on any atom is -0.0276 e. The monoisotopic (exact) mass is 202 g/mol. The van der Waals surface area contributed by atoms with E-state index in [9.17, 15) is 0 Å². The molecule has 82 valence electrons. The van der Waals surface area contributed by atoms with Crippen LogP contribution in [-0.2, 0) is 12.8 Å². The molecule has 0 aromatic heterocycles. The number of rotatable bonds is 7. The van der Waals surface area contributed by atoms with Crippen LogP contribution in [0.2, 0.25) is 0 Å². The molecule has 0 fully saturated rings. The van der Waals surface area contributed by atoms with Crippen LogP contribution in [0.25, 0.3) is 0 Å². The summed E-state index contributed by atoms with van der Waals surface area (Å²) in [4.78, 5) is 0. The van der Waals surface area contributed by atoms with E-state index < -0.39 is 0 Å². The highest BCUT2D eigenvalue weighted by Crippen LogP contribution is 2.13. The van der Waals surface area contributed by atoms with Gasteiger partial charge in [0.05, 0.1) is 0 Å². The molecule has 15 heavy (non-hydrogen) atoms. The maximum absolute atomic E-state index is 3.74. The predicted octanol–water partition coefficient (Wildman–Crippen LogP) is 4.54. The van der Waals surface area contributed by atoms with E-state index in [0.717, 1.165) is 12.8 Å². The van der Waals surface area contributed by atoms with Crippen LogP contribution < -0.4 is 0 Å². The molecule has 0 spiro atoms. The van der Waals surface area contributed by atoms with Crippen molar-refractivity contribution in [3.63, 3.8) is 0 Å². The number of aryl methyl sites for hydroxylation is 2. The second-order valence-corrected chi connectivity index (χ2v) is 4.01. The van der Waals surface area contributed by atoms with Crippen LogP contribution in [0.4, 0.5) is 0 Å². The molecule has 0 amide bonds. The molecule has 0 saturated carbocycles. The van der Waals surface area contributed by atoms with E-state index in [1.807, 2.05) is 6.08 Å². The standard InChI is InChI=1S/C15H22/c1-3-5-6-7-8-12-15-13-10-9-11-14(15)4-2/h3,9-11,13H,1,4-8,12H2,2H3. The zero-order valence-corrected chi connectivity index (χ0v) is 9.84. The number of hydrogen-bond acceptors (Lipinski definition) is 0. The summed E-state index contributed by atoms with van der Waals surface area (Å²) in [6, 6.07) is 8.81. The van der Waals surface area contributed by atoms with Crippen molar-refractivity contribution in [1.82, 2.24) is 0 Å². The van der Waals surface area contributed by atoms with Gasteiger partial charge in [0.1, 0.15) is 0 Å². The summed E-state index contributed by atoms with van der Waals surface area (Å²) in [5.74, 6) is 0. The normalized spacial score (nSPS) is 10.2. The van der Waals surface area contributed by atoms with Crippen LogP contribution in [-0.4, -0.2) is 0 Å². The fraction of sp³-hybridized carbons (Fsp3) is 0.467. The van der Waals surface area contributed by atoms with E-state index in [2.05, 4.69) is 37.8 Å². The molecule has 0 aliphatic carbocycles. The van der Waals surface area contributed by atoms with Crippen molar-refractivity contribution in [2.45, 2.75) is 45.4 Å². The van der Waals surface area contributed by atoms with Gasteiger partial charge in [0.15, 0.2) is 0 Å². The summed E-state index contributed by atoms with van der Waals surface area (Å²) in [6.45, 7) is 5.98. The molecule has 0 heteroatoms. The molecular weight excluding hydrogens is 180 g/mol. The topological polar surface area (TPSA) is 0 Å². The van der Waals surface area contributed by atoms with Gasteiger partial charge < -0.3 is 0 Å².